The number of hydrogen-bond acceptors (Lipinski definition) is 3. The standard InChI is InChI=1S/C20H22N4O2/c1-3-11-24(13-18(25)21-2)20(26)15-9-10-16-17(12-15)23-19(22-16)14-7-5-4-6-8-14/h4-10,12H,3,11,13H2,1-2H3,(H,21,25)(H,22,23). The van der Waals surface area contributed by atoms with Gasteiger partial charge in [0.15, 0.2) is 0 Å². The highest BCUT2D eigenvalue weighted by atomic mass is 16.2. The molecular weight excluding hydrogens is 328 g/mol. The first kappa shape index (κ1) is 17.7. The summed E-state index contributed by atoms with van der Waals surface area (Å²) in [5, 5.41) is 2.56. The summed E-state index contributed by atoms with van der Waals surface area (Å²) >= 11 is 0. The Labute approximate surface area is 152 Å². The molecule has 0 saturated carbocycles. The minimum Gasteiger partial charge on any atom is -0.358 e. The van der Waals surface area contributed by atoms with Crippen molar-refractivity contribution in [1.29, 1.82) is 0 Å². The Balaban J connectivity index is 1.89. The lowest BCUT2D eigenvalue weighted by atomic mass is 10.1. The van der Waals surface area contributed by atoms with Gasteiger partial charge in [-0.25, -0.2) is 4.98 Å². The first-order chi connectivity index (χ1) is 12.6. The second kappa shape index (κ2) is 7.82. The third kappa shape index (κ3) is 3.74. The van der Waals surface area contributed by atoms with Gasteiger partial charge in [-0.3, -0.25) is 9.59 Å². The summed E-state index contributed by atoms with van der Waals surface area (Å²) in [4.78, 5) is 33.9. The van der Waals surface area contributed by atoms with Gasteiger partial charge in [0.25, 0.3) is 5.91 Å². The second-order valence-corrected chi connectivity index (χ2v) is 6.08. The fourth-order valence-corrected chi connectivity index (χ4v) is 2.83. The number of rotatable bonds is 6. The van der Waals surface area contributed by atoms with Gasteiger partial charge in [-0.1, -0.05) is 37.3 Å². The zero-order valence-electron chi connectivity index (χ0n) is 15.0. The maximum absolute atomic E-state index is 12.8. The van der Waals surface area contributed by atoms with E-state index in [0.717, 1.165) is 28.8 Å². The van der Waals surface area contributed by atoms with Crippen molar-refractivity contribution in [3.63, 3.8) is 0 Å². The van der Waals surface area contributed by atoms with E-state index in [1.165, 1.54) is 0 Å². The average molecular weight is 350 g/mol. The van der Waals surface area contributed by atoms with Crippen molar-refractivity contribution in [1.82, 2.24) is 20.2 Å². The SMILES string of the molecule is CCCN(CC(=O)NC)C(=O)c1ccc2nc(-c3ccccc3)[nH]c2c1. The lowest BCUT2D eigenvalue weighted by Gasteiger charge is -2.21. The Morgan fingerprint density at radius 3 is 2.62 bits per heavy atom. The van der Waals surface area contributed by atoms with E-state index in [2.05, 4.69) is 15.3 Å². The molecule has 1 heterocycles. The molecule has 6 nitrogen and oxygen atoms in total. The molecule has 2 aromatic carbocycles. The molecule has 134 valence electrons. The quantitative estimate of drug-likeness (QED) is 0.717. The van der Waals surface area contributed by atoms with Crippen LogP contribution in [0.1, 0.15) is 23.7 Å². The molecule has 0 radical (unpaired) electrons. The van der Waals surface area contributed by atoms with Gasteiger partial charge < -0.3 is 15.2 Å². The van der Waals surface area contributed by atoms with Crippen molar-refractivity contribution in [2.24, 2.45) is 0 Å². The number of aromatic amines is 1. The summed E-state index contributed by atoms with van der Waals surface area (Å²) < 4.78 is 0. The lowest BCUT2D eigenvalue weighted by Crippen LogP contribution is -2.40. The normalized spacial score (nSPS) is 10.7. The first-order valence-corrected chi connectivity index (χ1v) is 8.67. The maximum Gasteiger partial charge on any atom is 0.254 e. The fraction of sp³-hybridized carbons (Fsp3) is 0.250. The molecule has 0 fully saturated rings. The number of carbonyl (C=O) groups is 2. The van der Waals surface area contributed by atoms with Crippen molar-refractivity contribution >= 4 is 22.8 Å². The summed E-state index contributed by atoms with van der Waals surface area (Å²) in [6.07, 6.45) is 0.785. The average Bonchev–Trinajstić information content (AvgIpc) is 3.11. The van der Waals surface area contributed by atoms with Crippen LogP contribution in [0.5, 0.6) is 0 Å². The lowest BCUT2D eigenvalue weighted by molar-refractivity contribution is -0.121. The molecule has 0 spiro atoms. The smallest absolute Gasteiger partial charge is 0.254 e. The van der Waals surface area contributed by atoms with Crippen LogP contribution in [-0.4, -0.2) is 46.8 Å². The minimum atomic E-state index is -0.180. The van der Waals surface area contributed by atoms with Crippen LogP contribution in [0.15, 0.2) is 48.5 Å². The van der Waals surface area contributed by atoms with Gasteiger partial charge in [0.1, 0.15) is 5.82 Å². The van der Waals surface area contributed by atoms with Crippen LogP contribution in [-0.2, 0) is 4.79 Å². The minimum absolute atomic E-state index is 0.0550. The first-order valence-electron chi connectivity index (χ1n) is 8.67. The molecule has 0 aliphatic carbocycles. The number of aromatic nitrogens is 2. The molecular formula is C20H22N4O2. The predicted molar refractivity (Wildman–Crippen MR) is 102 cm³/mol. The van der Waals surface area contributed by atoms with Crippen molar-refractivity contribution < 1.29 is 9.59 Å². The predicted octanol–water partition coefficient (Wildman–Crippen LogP) is 2.83. The zero-order valence-corrected chi connectivity index (χ0v) is 15.0. The van der Waals surface area contributed by atoms with Crippen LogP contribution < -0.4 is 5.32 Å². The molecule has 0 unspecified atom stereocenters. The molecule has 0 aliphatic heterocycles. The summed E-state index contributed by atoms with van der Waals surface area (Å²) in [5.74, 6) is 0.426. The zero-order chi connectivity index (χ0) is 18.5. The summed E-state index contributed by atoms with van der Waals surface area (Å²) in [7, 11) is 1.57. The number of nitrogens with one attached hydrogen (secondary N) is 2. The van der Waals surface area contributed by atoms with Crippen molar-refractivity contribution in [3.8, 4) is 11.4 Å². The molecule has 6 heteroatoms. The molecule has 0 atom stereocenters. The van der Waals surface area contributed by atoms with Gasteiger partial charge in [0.2, 0.25) is 5.91 Å². The van der Waals surface area contributed by atoms with Crippen LogP contribution in [0.2, 0.25) is 0 Å². The molecule has 26 heavy (non-hydrogen) atoms. The molecule has 2 amide bonds. The van der Waals surface area contributed by atoms with Gasteiger partial charge in [-0.15, -0.1) is 0 Å². The third-order valence-electron chi connectivity index (χ3n) is 4.17. The number of nitrogens with zero attached hydrogens (tertiary/aromatic N) is 2. The number of fused-ring (bicyclic) bond motifs is 1. The van der Waals surface area contributed by atoms with Crippen molar-refractivity contribution in [2.45, 2.75) is 13.3 Å². The van der Waals surface area contributed by atoms with E-state index in [0.29, 0.717) is 12.1 Å². The Bertz CT molecular complexity index is 918. The van der Waals surface area contributed by atoms with E-state index < -0.39 is 0 Å². The number of imidazole rings is 1. The van der Waals surface area contributed by atoms with E-state index in [9.17, 15) is 9.59 Å². The second-order valence-electron chi connectivity index (χ2n) is 6.08. The number of H-pyrrole nitrogens is 1. The molecule has 3 aromatic rings. The molecule has 0 aliphatic rings. The highest BCUT2D eigenvalue weighted by Crippen LogP contribution is 2.21. The summed E-state index contributed by atoms with van der Waals surface area (Å²) in [5.41, 5.74) is 3.13. The third-order valence-corrected chi connectivity index (χ3v) is 4.17. The largest absolute Gasteiger partial charge is 0.358 e. The van der Waals surface area contributed by atoms with Crippen LogP contribution in [0.4, 0.5) is 0 Å². The van der Waals surface area contributed by atoms with E-state index in [-0.39, 0.29) is 18.4 Å². The number of likely N-dealkylation sites (N-methyl/N-ethyl adjacent to an activating group) is 1. The fourth-order valence-electron chi connectivity index (χ4n) is 2.83. The Morgan fingerprint density at radius 2 is 1.92 bits per heavy atom. The van der Waals surface area contributed by atoms with Gasteiger partial charge in [-0.2, -0.15) is 0 Å². The van der Waals surface area contributed by atoms with E-state index in [4.69, 9.17) is 0 Å². The van der Waals surface area contributed by atoms with E-state index in [1.807, 2.05) is 43.3 Å². The molecule has 0 saturated heterocycles. The maximum atomic E-state index is 12.8. The van der Waals surface area contributed by atoms with E-state index in [1.54, 1.807) is 24.1 Å². The molecule has 0 bridgehead atoms. The van der Waals surface area contributed by atoms with Crippen LogP contribution in [0, 0.1) is 0 Å². The monoisotopic (exact) mass is 350 g/mol. The Hall–Kier alpha value is -3.15. The van der Waals surface area contributed by atoms with Gasteiger partial charge >= 0.3 is 0 Å². The van der Waals surface area contributed by atoms with Crippen LogP contribution in [0.25, 0.3) is 22.4 Å². The number of amides is 2. The molecule has 2 N–H and O–H groups in total. The highest BCUT2D eigenvalue weighted by Gasteiger charge is 2.18. The molecule has 1 aromatic heterocycles. The summed E-state index contributed by atoms with van der Waals surface area (Å²) in [6.45, 7) is 2.57. The Morgan fingerprint density at radius 1 is 1.15 bits per heavy atom. The molecule has 3 rings (SSSR count). The van der Waals surface area contributed by atoms with Gasteiger partial charge in [-0.05, 0) is 24.6 Å². The topological polar surface area (TPSA) is 78.1 Å². The van der Waals surface area contributed by atoms with Crippen molar-refractivity contribution in [3.05, 3.63) is 54.1 Å². The van der Waals surface area contributed by atoms with Crippen LogP contribution in [0.3, 0.4) is 0 Å². The summed E-state index contributed by atoms with van der Waals surface area (Å²) in [6, 6.07) is 15.2. The van der Waals surface area contributed by atoms with Crippen LogP contribution >= 0.6 is 0 Å². The number of benzene rings is 2. The van der Waals surface area contributed by atoms with Gasteiger partial charge in [0.05, 0.1) is 17.6 Å². The van der Waals surface area contributed by atoms with Gasteiger partial charge in [0, 0.05) is 24.7 Å². The highest BCUT2D eigenvalue weighted by molar-refractivity contribution is 5.99. The van der Waals surface area contributed by atoms with Crippen molar-refractivity contribution in [2.75, 3.05) is 20.1 Å². The van der Waals surface area contributed by atoms with E-state index >= 15 is 0 Å². The number of carbonyl (C=O) groups excluding carboxylic acids is 2. The number of hydrogen-bond donors (Lipinski definition) is 2. The Kier molecular flexibility index (Phi) is 5.31.